The van der Waals surface area contributed by atoms with Crippen molar-refractivity contribution in [2.24, 2.45) is 0 Å². The number of carboxylic acid groups (broad SMARTS) is 1. The molecular formula is C14H28N4O3. The molecule has 122 valence electrons. The molecule has 0 amide bonds. The van der Waals surface area contributed by atoms with Crippen LogP contribution in [0.4, 0.5) is 0 Å². The van der Waals surface area contributed by atoms with Crippen molar-refractivity contribution in [3.05, 3.63) is 0 Å². The third kappa shape index (κ3) is 8.11. The fourth-order valence-electron chi connectivity index (χ4n) is 2.33. The summed E-state index contributed by atoms with van der Waals surface area (Å²) in [5, 5.41) is 8.99. The van der Waals surface area contributed by atoms with Crippen LogP contribution in [-0.4, -0.2) is 117 Å². The number of likely N-dealkylation sites (N-methyl/N-ethyl adjacent to an activating group) is 2. The number of aldehydes is 1. The summed E-state index contributed by atoms with van der Waals surface area (Å²) in [6.07, 6.45) is 0.918. The summed E-state index contributed by atoms with van der Waals surface area (Å²) in [5.41, 5.74) is 0. The lowest BCUT2D eigenvalue weighted by Gasteiger charge is -2.30. The molecule has 0 radical (unpaired) electrons. The van der Waals surface area contributed by atoms with Gasteiger partial charge in [-0.25, -0.2) is 0 Å². The SMILES string of the molecule is CN1CCN(C)CCN(CC(=O)O)CCN(CC=O)CC1. The highest BCUT2D eigenvalue weighted by atomic mass is 16.4. The van der Waals surface area contributed by atoms with Gasteiger partial charge < -0.3 is 19.7 Å². The molecule has 1 fully saturated rings. The average Bonchev–Trinajstić information content (AvgIpc) is 2.43. The number of rotatable bonds is 4. The van der Waals surface area contributed by atoms with Crippen molar-refractivity contribution in [3.8, 4) is 0 Å². The van der Waals surface area contributed by atoms with Gasteiger partial charge in [-0.05, 0) is 14.1 Å². The Balaban J connectivity index is 2.62. The first-order valence-electron chi connectivity index (χ1n) is 7.48. The van der Waals surface area contributed by atoms with E-state index >= 15 is 0 Å². The van der Waals surface area contributed by atoms with Gasteiger partial charge in [0.05, 0.1) is 13.1 Å². The van der Waals surface area contributed by atoms with Crippen molar-refractivity contribution in [1.29, 1.82) is 0 Å². The van der Waals surface area contributed by atoms with E-state index in [9.17, 15) is 9.59 Å². The zero-order chi connectivity index (χ0) is 15.7. The quantitative estimate of drug-likeness (QED) is 0.651. The highest BCUT2D eigenvalue weighted by Gasteiger charge is 2.15. The van der Waals surface area contributed by atoms with Crippen molar-refractivity contribution < 1.29 is 14.7 Å². The normalized spacial score (nSPS) is 22.4. The molecule has 0 atom stereocenters. The van der Waals surface area contributed by atoms with Crippen LogP contribution in [-0.2, 0) is 9.59 Å². The van der Waals surface area contributed by atoms with Crippen LogP contribution in [0.25, 0.3) is 0 Å². The monoisotopic (exact) mass is 300 g/mol. The van der Waals surface area contributed by atoms with Gasteiger partial charge in [-0.3, -0.25) is 14.6 Å². The maximum atomic E-state index is 10.9. The Kier molecular flexibility index (Phi) is 8.44. The lowest BCUT2D eigenvalue weighted by atomic mass is 10.3. The second-order valence-electron chi connectivity index (χ2n) is 5.74. The van der Waals surface area contributed by atoms with Crippen LogP contribution in [0, 0.1) is 0 Å². The molecular weight excluding hydrogens is 272 g/mol. The lowest BCUT2D eigenvalue weighted by molar-refractivity contribution is -0.138. The summed E-state index contributed by atoms with van der Waals surface area (Å²) >= 11 is 0. The minimum absolute atomic E-state index is 0.0582. The maximum absolute atomic E-state index is 10.9. The molecule has 0 saturated carbocycles. The molecule has 0 aromatic carbocycles. The van der Waals surface area contributed by atoms with Gasteiger partial charge >= 0.3 is 5.97 Å². The molecule has 0 aliphatic carbocycles. The highest BCUT2D eigenvalue weighted by molar-refractivity contribution is 5.69. The summed E-state index contributed by atoms with van der Waals surface area (Å²) < 4.78 is 0. The fourth-order valence-corrected chi connectivity index (χ4v) is 2.33. The standard InChI is InChI=1S/C14H28N4O3/c1-15-3-4-16(2)6-8-18(13-14(20)21)10-9-17(7-5-15)11-12-19/h12H,3-11,13H2,1-2H3,(H,20,21). The van der Waals surface area contributed by atoms with Crippen LogP contribution in [0.5, 0.6) is 0 Å². The van der Waals surface area contributed by atoms with Crippen molar-refractivity contribution >= 4 is 12.3 Å². The first-order valence-corrected chi connectivity index (χ1v) is 7.48. The lowest BCUT2D eigenvalue weighted by Crippen LogP contribution is -2.45. The third-order valence-electron chi connectivity index (χ3n) is 3.88. The second-order valence-corrected chi connectivity index (χ2v) is 5.74. The molecule has 1 saturated heterocycles. The van der Waals surface area contributed by atoms with Crippen molar-refractivity contribution in [3.63, 3.8) is 0 Å². The minimum Gasteiger partial charge on any atom is -0.480 e. The molecule has 0 spiro atoms. The molecule has 0 bridgehead atoms. The molecule has 1 N–H and O–H groups in total. The Morgan fingerprint density at radius 2 is 1.33 bits per heavy atom. The number of carboxylic acids is 1. The van der Waals surface area contributed by atoms with Gasteiger partial charge in [0.25, 0.3) is 0 Å². The summed E-state index contributed by atoms with van der Waals surface area (Å²) in [5.74, 6) is -0.800. The number of carbonyl (C=O) groups is 2. The topological polar surface area (TPSA) is 67.3 Å². The molecule has 1 aliphatic rings. The number of hydrogen-bond acceptors (Lipinski definition) is 6. The molecule has 21 heavy (non-hydrogen) atoms. The smallest absolute Gasteiger partial charge is 0.317 e. The molecule has 0 unspecified atom stereocenters. The zero-order valence-electron chi connectivity index (χ0n) is 13.2. The summed E-state index contributed by atoms with van der Waals surface area (Å²) in [6.45, 7) is 7.16. The Hall–Kier alpha value is -1.02. The number of carbonyl (C=O) groups excluding carboxylic acids is 1. The zero-order valence-corrected chi connectivity index (χ0v) is 13.2. The van der Waals surface area contributed by atoms with Gasteiger partial charge in [0.1, 0.15) is 6.29 Å². The van der Waals surface area contributed by atoms with Crippen molar-refractivity contribution in [2.75, 3.05) is 79.5 Å². The van der Waals surface area contributed by atoms with Crippen LogP contribution < -0.4 is 0 Å². The summed E-state index contributed by atoms with van der Waals surface area (Å²) in [6, 6.07) is 0. The molecule has 1 rings (SSSR count). The molecule has 7 nitrogen and oxygen atoms in total. The first-order chi connectivity index (χ1) is 10.0. The van der Waals surface area contributed by atoms with E-state index in [-0.39, 0.29) is 6.54 Å². The van der Waals surface area contributed by atoms with E-state index in [1.165, 1.54) is 0 Å². The van der Waals surface area contributed by atoms with Crippen LogP contribution in [0.1, 0.15) is 0 Å². The Labute approximate surface area is 127 Å². The molecule has 0 aromatic heterocycles. The predicted molar refractivity (Wildman–Crippen MR) is 81.6 cm³/mol. The average molecular weight is 300 g/mol. The van der Waals surface area contributed by atoms with Gasteiger partial charge in [0, 0.05) is 52.4 Å². The number of nitrogens with zero attached hydrogens (tertiary/aromatic N) is 4. The van der Waals surface area contributed by atoms with E-state index in [0.717, 1.165) is 52.1 Å². The van der Waals surface area contributed by atoms with E-state index in [4.69, 9.17) is 5.11 Å². The van der Waals surface area contributed by atoms with E-state index in [0.29, 0.717) is 13.1 Å². The summed E-state index contributed by atoms with van der Waals surface area (Å²) in [7, 11) is 4.16. The fraction of sp³-hybridized carbons (Fsp3) is 0.857. The van der Waals surface area contributed by atoms with Crippen molar-refractivity contribution in [1.82, 2.24) is 19.6 Å². The van der Waals surface area contributed by atoms with E-state index in [1.807, 2.05) is 4.90 Å². The molecule has 0 aromatic rings. The van der Waals surface area contributed by atoms with Gasteiger partial charge in [-0.15, -0.1) is 0 Å². The Morgan fingerprint density at radius 3 is 1.86 bits per heavy atom. The molecule has 1 aliphatic heterocycles. The van der Waals surface area contributed by atoms with Crippen molar-refractivity contribution in [2.45, 2.75) is 0 Å². The Morgan fingerprint density at radius 1 is 0.905 bits per heavy atom. The van der Waals surface area contributed by atoms with Gasteiger partial charge in [-0.2, -0.15) is 0 Å². The van der Waals surface area contributed by atoms with Crippen LogP contribution in [0.15, 0.2) is 0 Å². The maximum Gasteiger partial charge on any atom is 0.317 e. The second kappa shape index (κ2) is 9.83. The highest BCUT2D eigenvalue weighted by Crippen LogP contribution is 1.97. The largest absolute Gasteiger partial charge is 0.480 e. The van der Waals surface area contributed by atoms with Crippen LogP contribution >= 0.6 is 0 Å². The van der Waals surface area contributed by atoms with E-state index < -0.39 is 5.97 Å². The summed E-state index contributed by atoms with van der Waals surface area (Å²) in [4.78, 5) is 30.2. The van der Waals surface area contributed by atoms with E-state index in [2.05, 4.69) is 28.8 Å². The van der Waals surface area contributed by atoms with Gasteiger partial charge in [0.2, 0.25) is 0 Å². The van der Waals surface area contributed by atoms with Gasteiger partial charge in [-0.1, -0.05) is 0 Å². The van der Waals surface area contributed by atoms with Crippen LogP contribution in [0.3, 0.4) is 0 Å². The Bertz CT molecular complexity index is 327. The van der Waals surface area contributed by atoms with Crippen LogP contribution in [0.2, 0.25) is 0 Å². The minimum atomic E-state index is -0.800. The molecule has 7 heteroatoms. The molecule has 1 heterocycles. The third-order valence-corrected chi connectivity index (χ3v) is 3.88. The number of hydrogen-bond donors (Lipinski definition) is 1. The predicted octanol–water partition coefficient (Wildman–Crippen LogP) is -1.25. The van der Waals surface area contributed by atoms with Gasteiger partial charge in [0.15, 0.2) is 0 Å². The number of aliphatic carboxylic acids is 1. The first kappa shape index (κ1) is 18.0. The van der Waals surface area contributed by atoms with E-state index in [1.54, 1.807) is 0 Å².